The van der Waals surface area contributed by atoms with Gasteiger partial charge in [0.15, 0.2) is 0 Å². The summed E-state index contributed by atoms with van der Waals surface area (Å²) in [6.07, 6.45) is 13.0. The van der Waals surface area contributed by atoms with Crippen LogP contribution in [0.2, 0.25) is 0 Å². The lowest BCUT2D eigenvalue weighted by Gasteiger charge is -2.40. The van der Waals surface area contributed by atoms with Gasteiger partial charge in [-0.15, -0.1) is 0 Å². The normalized spacial score (nSPS) is 35.6. The van der Waals surface area contributed by atoms with E-state index in [9.17, 15) is 9.90 Å². The maximum atomic E-state index is 11.2. The highest BCUT2D eigenvalue weighted by Gasteiger charge is 2.48. The zero-order valence-electron chi connectivity index (χ0n) is 10.2. The van der Waals surface area contributed by atoms with Gasteiger partial charge in [0.1, 0.15) is 0 Å². The van der Waals surface area contributed by atoms with Crippen LogP contribution in [0.15, 0.2) is 23.3 Å². The molecule has 2 nitrogen and oxygen atoms in total. The van der Waals surface area contributed by atoms with E-state index in [2.05, 4.69) is 12.2 Å². The van der Waals surface area contributed by atoms with Crippen molar-refractivity contribution in [1.82, 2.24) is 0 Å². The molecule has 0 heterocycles. The molecule has 92 valence electrons. The van der Waals surface area contributed by atoms with Crippen LogP contribution in [-0.2, 0) is 4.79 Å². The molecule has 0 radical (unpaired) electrons. The van der Waals surface area contributed by atoms with Gasteiger partial charge in [-0.05, 0) is 43.4 Å². The van der Waals surface area contributed by atoms with Gasteiger partial charge in [0.2, 0.25) is 0 Å². The summed E-state index contributed by atoms with van der Waals surface area (Å²) in [5.74, 6) is -0.0305. The zero-order chi connectivity index (χ0) is 11.9. The van der Waals surface area contributed by atoms with Crippen LogP contribution in [-0.4, -0.2) is 11.1 Å². The van der Waals surface area contributed by atoms with Crippen molar-refractivity contribution in [1.29, 1.82) is 0 Å². The van der Waals surface area contributed by atoms with E-state index in [1.807, 2.05) is 0 Å². The summed E-state index contributed by atoms with van der Waals surface area (Å²) in [5.41, 5.74) is 3.26. The number of carboxylic acids is 1. The smallest absolute Gasteiger partial charge is 0.303 e. The van der Waals surface area contributed by atoms with E-state index < -0.39 is 5.97 Å². The van der Waals surface area contributed by atoms with Crippen LogP contribution in [0, 0.1) is 11.3 Å². The minimum Gasteiger partial charge on any atom is -0.481 e. The van der Waals surface area contributed by atoms with Gasteiger partial charge < -0.3 is 5.11 Å². The number of carbonyl (C=O) groups is 1. The van der Waals surface area contributed by atoms with Gasteiger partial charge in [0, 0.05) is 0 Å². The molecule has 0 spiro atoms. The lowest BCUT2D eigenvalue weighted by Crippen LogP contribution is -2.33. The number of hydrogen-bond acceptors (Lipinski definition) is 1. The number of hydrogen-bond donors (Lipinski definition) is 1. The third-order valence-corrected chi connectivity index (χ3v) is 4.97. The van der Waals surface area contributed by atoms with Gasteiger partial charge in [-0.25, -0.2) is 0 Å². The zero-order valence-corrected chi connectivity index (χ0v) is 10.2. The molecule has 0 aliphatic heterocycles. The predicted molar refractivity (Wildman–Crippen MR) is 66.7 cm³/mol. The molecule has 1 saturated carbocycles. The van der Waals surface area contributed by atoms with Crippen molar-refractivity contribution < 1.29 is 9.90 Å². The van der Waals surface area contributed by atoms with Crippen molar-refractivity contribution in [2.24, 2.45) is 11.3 Å². The largest absolute Gasteiger partial charge is 0.481 e. The molecule has 0 saturated heterocycles. The van der Waals surface area contributed by atoms with E-state index in [-0.39, 0.29) is 5.41 Å². The molecule has 0 bridgehead atoms. The van der Waals surface area contributed by atoms with Crippen molar-refractivity contribution >= 4 is 5.97 Å². The molecule has 0 amide bonds. The molecule has 2 unspecified atom stereocenters. The fourth-order valence-electron chi connectivity index (χ4n) is 4.35. The molecule has 1 N–H and O–H groups in total. The number of fused-ring (bicyclic) bond motifs is 2. The van der Waals surface area contributed by atoms with Gasteiger partial charge in [-0.3, -0.25) is 4.79 Å². The minimum atomic E-state index is -0.607. The van der Waals surface area contributed by atoms with E-state index in [1.165, 1.54) is 19.3 Å². The van der Waals surface area contributed by atoms with Crippen LogP contribution in [0.5, 0.6) is 0 Å². The lowest BCUT2D eigenvalue weighted by atomic mass is 9.64. The van der Waals surface area contributed by atoms with Crippen LogP contribution < -0.4 is 0 Å². The molecule has 2 atom stereocenters. The maximum absolute atomic E-state index is 11.2. The van der Waals surface area contributed by atoms with Crippen molar-refractivity contribution in [3.05, 3.63) is 23.3 Å². The predicted octanol–water partition coefficient (Wildman–Crippen LogP) is 3.69. The van der Waals surface area contributed by atoms with Gasteiger partial charge in [0.25, 0.3) is 0 Å². The molecule has 17 heavy (non-hydrogen) atoms. The molecule has 1 fully saturated rings. The van der Waals surface area contributed by atoms with Crippen LogP contribution >= 0.6 is 0 Å². The fourth-order valence-corrected chi connectivity index (χ4v) is 4.35. The Kier molecular flexibility index (Phi) is 2.61. The van der Waals surface area contributed by atoms with Crippen LogP contribution in [0.3, 0.4) is 0 Å². The molecule has 0 aromatic carbocycles. The number of carboxylic acid groups (broad SMARTS) is 1. The Bertz CT molecular complexity index is 405. The third kappa shape index (κ3) is 1.74. The number of aliphatic carboxylic acids is 1. The van der Waals surface area contributed by atoms with Crippen LogP contribution in [0.4, 0.5) is 0 Å². The standard InChI is InChI=1S/C15H20O2/c16-14(17)10-15-8-4-3-7-13(15)12-6-2-1-5-11(12)9-15/h1-2,13H,3-10H2,(H,16,17). The Morgan fingerprint density at radius 3 is 3.00 bits per heavy atom. The summed E-state index contributed by atoms with van der Waals surface area (Å²) in [4.78, 5) is 11.2. The molecular formula is C15H20O2. The molecular weight excluding hydrogens is 212 g/mol. The van der Waals surface area contributed by atoms with Crippen molar-refractivity contribution in [3.63, 3.8) is 0 Å². The quantitative estimate of drug-likeness (QED) is 0.737. The Morgan fingerprint density at radius 1 is 1.35 bits per heavy atom. The summed E-state index contributed by atoms with van der Waals surface area (Å²) in [5, 5.41) is 9.21. The minimum absolute atomic E-state index is 0.0841. The molecule has 3 rings (SSSR count). The second-order valence-corrected chi connectivity index (χ2v) is 5.92. The van der Waals surface area contributed by atoms with Crippen molar-refractivity contribution in [3.8, 4) is 0 Å². The number of allylic oxidation sites excluding steroid dienone is 4. The van der Waals surface area contributed by atoms with Gasteiger partial charge in [0.05, 0.1) is 6.42 Å². The van der Waals surface area contributed by atoms with Crippen molar-refractivity contribution in [2.75, 3.05) is 0 Å². The average Bonchev–Trinajstić information content (AvgIpc) is 2.61. The second-order valence-electron chi connectivity index (χ2n) is 5.92. The number of rotatable bonds is 2. The van der Waals surface area contributed by atoms with E-state index in [0.29, 0.717) is 12.3 Å². The monoisotopic (exact) mass is 232 g/mol. The second kappa shape index (κ2) is 4.01. The highest BCUT2D eigenvalue weighted by Crippen LogP contribution is 2.58. The average molecular weight is 232 g/mol. The van der Waals surface area contributed by atoms with Crippen LogP contribution in [0.25, 0.3) is 0 Å². The first-order chi connectivity index (χ1) is 8.21. The third-order valence-electron chi connectivity index (χ3n) is 4.97. The van der Waals surface area contributed by atoms with E-state index in [4.69, 9.17) is 0 Å². The lowest BCUT2D eigenvalue weighted by molar-refractivity contribution is -0.141. The SMILES string of the molecule is O=C(O)CC12CCCCC1C1=C(CC=CC1)C2. The van der Waals surface area contributed by atoms with E-state index in [0.717, 1.165) is 25.7 Å². The van der Waals surface area contributed by atoms with Crippen LogP contribution in [0.1, 0.15) is 51.4 Å². The summed E-state index contributed by atoms with van der Waals surface area (Å²) < 4.78 is 0. The van der Waals surface area contributed by atoms with Gasteiger partial charge in [-0.2, -0.15) is 0 Å². The first kappa shape index (κ1) is 11.1. The first-order valence-electron chi connectivity index (χ1n) is 6.79. The Balaban J connectivity index is 1.90. The van der Waals surface area contributed by atoms with Gasteiger partial charge >= 0.3 is 5.97 Å². The van der Waals surface area contributed by atoms with E-state index in [1.54, 1.807) is 11.1 Å². The highest BCUT2D eigenvalue weighted by molar-refractivity contribution is 5.68. The fraction of sp³-hybridized carbons (Fsp3) is 0.667. The molecule has 0 aromatic heterocycles. The maximum Gasteiger partial charge on any atom is 0.303 e. The Hall–Kier alpha value is -1.05. The van der Waals surface area contributed by atoms with Crippen molar-refractivity contribution in [2.45, 2.75) is 51.4 Å². The Labute approximate surface area is 102 Å². The molecule has 3 aliphatic carbocycles. The summed E-state index contributed by atoms with van der Waals surface area (Å²) >= 11 is 0. The molecule has 3 aliphatic rings. The molecule has 0 aromatic rings. The summed E-state index contributed by atoms with van der Waals surface area (Å²) in [7, 11) is 0. The van der Waals surface area contributed by atoms with E-state index >= 15 is 0 Å². The Morgan fingerprint density at radius 2 is 2.18 bits per heavy atom. The first-order valence-corrected chi connectivity index (χ1v) is 6.79. The van der Waals surface area contributed by atoms with Gasteiger partial charge in [-0.1, -0.05) is 36.1 Å². The molecule has 2 heteroatoms. The topological polar surface area (TPSA) is 37.3 Å². The summed E-state index contributed by atoms with van der Waals surface area (Å²) in [6, 6.07) is 0. The summed E-state index contributed by atoms with van der Waals surface area (Å²) in [6.45, 7) is 0. The highest BCUT2D eigenvalue weighted by atomic mass is 16.4.